The van der Waals surface area contributed by atoms with Crippen LogP contribution in [0, 0.1) is 24.7 Å². The lowest BCUT2D eigenvalue weighted by Gasteiger charge is -2.22. The molecular formula is C49H56N8O5. The molecule has 13 nitrogen and oxygen atoms in total. The molecule has 322 valence electrons. The van der Waals surface area contributed by atoms with E-state index >= 15 is 0 Å². The molecular weight excluding hydrogens is 781 g/mol. The van der Waals surface area contributed by atoms with E-state index in [1.807, 2.05) is 100 Å². The van der Waals surface area contributed by atoms with Crippen LogP contribution in [0.2, 0.25) is 0 Å². The first-order valence-electron chi connectivity index (χ1n) is 21.3. The first-order valence-corrected chi connectivity index (χ1v) is 21.3. The molecule has 0 bridgehead atoms. The first kappa shape index (κ1) is 43.6. The molecule has 0 radical (unpaired) electrons. The topological polar surface area (TPSA) is 147 Å². The van der Waals surface area contributed by atoms with Crippen LogP contribution in [0.5, 0.6) is 11.6 Å². The van der Waals surface area contributed by atoms with Crippen molar-refractivity contribution in [2.24, 2.45) is 31.5 Å². The zero-order valence-corrected chi connectivity index (χ0v) is 36.6. The monoisotopic (exact) mass is 836 g/mol. The van der Waals surface area contributed by atoms with Gasteiger partial charge in [-0.3, -0.25) is 15.0 Å². The van der Waals surface area contributed by atoms with Crippen molar-refractivity contribution in [2.45, 2.75) is 86.5 Å². The third-order valence-corrected chi connectivity index (χ3v) is 10.3. The average Bonchev–Trinajstić information content (AvgIpc) is 3.25. The molecule has 0 saturated carbocycles. The minimum atomic E-state index is -0.361. The van der Waals surface area contributed by atoms with Gasteiger partial charge in [0.1, 0.15) is 43.6 Å². The van der Waals surface area contributed by atoms with Crippen molar-refractivity contribution in [2.75, 3.05) is 26.4 Å². The summed E-state index contributed by atoms with van der Waals surface area (Å²) >= 11 is 0. The molecule has 1 aromatic carbocycles. The second kappa shape index (κ2) is 20.4. The Morgan fingerprint density at radius 1 is 0.565 bits per heavy atom. The summed E-state index contributed by atoms with van der Waals surface area (Å²) in [6.07, 6.45) is 9.51. The van der Waals surface area contributed by atoms with Crippen LogP contribution in [0.3, 0.4) is 0 Å². The summed E-state index contributed by atoms with van der Waals surface area (Å²) in [5.74, 6) is 1.10. The Bertz CT molecular complexity index is 2430. The quantitative estimate of drug-likeness (QED) is 0.0622. The smallest absolute Gasteiger partial charge is 0.220 e. The zero-order chi connectivity index (χ0) is 43.4. The summed E-state index contributed by atoms with van der Waals surface area (Å²) < 4.78 is 6.15. The van der Waals surface area contributed by atoms with E-state index in [1.54, 1.807) is 12.4 Å². The highest BCUT2D eigenvalue weighted by Gasteiger charge is 2.24. The van der Waals surface area contributed by atoms with E-state index in [1.165, 1.54) is 11.1 Å². The summed E-state index contributed by atoms with van der Waals surface area (Å²) in [7, 11) is 0. The van der Waals surface area contributed by atoms with Gasteiger partial charge in [0.15, 0.2) is 0 Å². The fraction of sp³-hybridized carbons (Fsp3) is 0.388. The van der Waals surface area contributed by atoms with Crippen LogP contribution in [0.15, 0.2) is 106 Å². The Labute approximate surface area is 364 Å². The van der Waals surface area contributed by atoms with Gasteiger partial charge in [-0.15, -0.1) is 0 Å². The van der Waals surface area contributed by atoms with Gasteiger partial charge in [0, 0.05) is 40.4 Å². The number of oxime groups is 4. The van der Waals surface area contributed by atoms with Crippen molar-refractivity contribution in [3.8, 4) is 11.6 Å². The maximum Gasteiger partial charge on any atom is 0.220 e. The molecule has 4 aromatic heterocycles. The highest BCUT2D eigenvalue weighted by molar-refractivity contribution is 6.01. The third kappa shape index (κ3) is 12.8. The largest absolute Gasteiger partial charge is 0.439 e. The maximum atomic E-state index is 6.15. The van der Waals surface area contributed by atoms with Crippen molar-refractivity contribution in [1.29, 1.82) is 0 Å². The maximum absolute atomic E-state index is 6.15. The van der Waals surface area contributed by atoms with Crippen molar-refractivity contribution < 1.29 is 24.1 Å². The van der Waals surface area contributed by atoms with Gasteiger partial charge in [-0.2, -0.15) is 0 Å². The number of fused-ring (bicyclic) bond motifs is 2. The molecule has 0 aliphatic heterocycles. The van der Waals surface area contributed by atoms with Gasteiger partial charge in [0.05, 0.1) is 35.2 Å². The lowest BCUT2D eigenvalue weighted by Crippen LogP contribution is -2.24. The average molecular weight is 837 g/mol. The minimum absolute atomic E-state index is 0.311. The number of nitrogens with zero attached hydrogens (tertiary/aromatic N) is 8. The first-order chi connectivity index (χ1) is 30.0. The molecule has 0 amide bonds. The predicted octanol–water partition coefficient (Wildman–Crippen LogP) is 9.53. The number of hydrogen-bond acceptors (Lipinski definition) is 13. The van der Waals surface area contributed by atoms with Gasteiger partial charge in [0.2, 0.25) is 5.88 Å². The summed E-state index contributed by atoms with van der Waals surface area (Å²) in [5, 5.41) is 17.5. The van der Waals surface area contributed by atoms with E-state index < -0.39 is 0 Å². The van der Waals surface area contributed by atoms with Gasteiger partial charge < -0.3 is 24.1 Å². The van der Waals surface area contributed by atoms with E-state index in [0.29, 0.717) is 55.9 Å². The Hall–Kier alpha value is -6.50. The molecule has 4 heterocycles. The summed E-state index contributed by atoms with van der Waals surface area (Å²) in [6, 6.07) is 27.6. The highest BCUT2D eigenvalue weighted by Crippen LogP contribution is 2.25. The molecule has 0 saturated heterocycles. The van der Waals surface area contributed by atoms with Crippen molar-refractivity contribution in [1.82, 2.24) is 19.9 Å². The summed E-state index contributed by atoms with van der Waals surface area (Å²) in [4.78, 5) is 42.1. The number of para-hydroxylation sites is 1. The minimum Gasteiger partial charge on any atom is -0.439 e. The lowest BCUT2D eigenvalue weighted by atomic mass is 9.94. The second-order valence-electron chi connectivity index (χ2n) is 17.5. The summed E-state index contributed by atoms with van der Waals surface area (Å²) in [6.45, 7) is 13.6. The molecule has 13 heteroatoms. The van der Waals surface area contributed by atoms with Crippen LogP contribution in [-0.4, -0.2) is 70.2 Å². The predicted molar refractivity (Wildman–Crippen MR) is 241 cm³/mol. The van der Waals surface area contributed by atoms with Crippen molar-refractivity contribution in [3.63, 3.8) is 0 Å². The molecule has 2 aliphatic carbocycles. The Kier molecular flexibility index (Phi) is 14.3. The molecule has 5 aromatic rings. The van der Waals surface area contributed by atoms with Gasteiger partial charge in [-0.05, 0) is 112 Å². The molecule has 0 fully saturated rings. The van der Waals surface area contributed by atoms with Crippen LogP contribution in [0.25, 0.3) is 0 Å². The Morgan fingerprint density at radius 3 is 1.73 bits per heavy atom. The number of ether oxygens (including phenoxy) is 1. The van der Waals surface area contributed by atoms with Crippen LogP contribution < -0.4 is 4.74 Å². The normalized spacial score (nSPS) is 15.5. The van der Waals surface area contributed by atoms with Crippen LogP contribution >= 0.6 is 0 Å². The van der Waals surface area contributed by atoms with Gasteiger partial charge in [-0.25, -0.2) is 4.98 Å². The number of rotatable bonds is 18. The SMILES string of the molecule is Cc1ccc2c(n1)/C(=N/OCC(C)(C)CO/N=C/c1cccc(Cc3cc(/C=N/OCC(C)(C)CO/N=C4\CCCc5ccc(C)nc54)nc(Oc4ccccc4)c3)n1)CCC2. The zero-order valence-electron chi connectivity index (χ0n) is 36.6. The van der Waals surface area contributed by atoms with E-state index in [-0.39, 0.29) is 10.8 Å². The highest BCUT2D eigenvalue weighted by atomic mass is 16.6. The standard InChI is InChI=1S/C49H56N8O5/c1-34-21-23-37-13-10-19-43(46(37)52-34)56-60-32-48(3,4)30-58-50-28-40-16-12-15-39(54-40)25-36-26-41(55-45(27-36)62-42-17-8-7-9-18-42)29-51-59-31-49(5,6)33-61-57-44-20-11-14-38-24-22-35(2)53-47(38)44/h7-9,12,15-18,21-24,26-29H,10-11,13-14,19-20,25,30-33H2,1-6H3/b50-28+,51-29+,56-43+,57-44+. The fourth-order valence-electron chi connectivity index (χ4n) is 6.93. The Balaban J connectivity index is 0.934. The number of hydrogen-bond donors (Lipinski definition) is 0. The van der Waals surface area contributed by atoms with E-state index in [2.05, 4.69) is 46.6 Å². The van der Waals surface area contributed by atoms with Crippen molar-refractivity contribution in [3.05, 3.63) is 141 Å². The molecule has 0 unspecified atom stereocenters. The van der Waals surface area contributed by atoms with E-state index in [4.69, 9.17) is 44.0 Å². The molecule has 0 atom stereocenters. The molecule has 0 spiro atoms. The molecule has 62 heavy (non-hydrogen) atoms. The molecule has 7 rings (SSSR count). The number of aryl methyl sites for hydroxylation is 4. The van der Waals surface area contributed by atoms with Crippen LogP contribution in [-0.2, 0) is 38.6 Å². The lowest BCUT2D eigenvalue weighted by molar-refractivity contribution is 0.000294. The third-order valence-electron chi connectivity index (χ3n) is 10.3. The van der Waals surface area contributed by atoms with Crippen LogP contribution in [0.4, 0.5) is 0 Å². The molecule has 0 N–H and O–H groups in total. The molecule has 2 aliphatic rings. The van der Waals surface area contributed by atoms with Crippen LogP contribution in [0.1, 0.15) is 110 Å². The number of benzene rings is 1. The van der Waals surface area contributed by atoms with E-state index in [9.17, 15) is 0 Å². The second-order valence-corrected chi connectivity index (χ2v) is 17.5. The van der Waals surface area contributed by atoms with Gasteiger partial charge in [0.25, 0.3) is 0 Å². The Morgan fingerprint density at radius 2 is 1.13 bits per heavy atom. The summed E-state index contributed by atoms with van der Waals surface area (Å²) in [5.41, 5.74) is 10.4. The van der Waals surface area contributed by atoms with Crippen molar-refractivity contribution >= 4 is 23.9 Å². The van der Waals surface area contributed by atoms with Gasteiger partial charge in [-0.1, -0.05) is 84.7 Å². The number of aromatic nitrogens is 4. The van der Waals surface area contributed by atoms with E-state index in [0.717, 1.165) is 84.0 Å². The number of pyridine rings is 4. The fourth-order valence-corrected chi connectivity index (χ4v) is 6.93. The van der Waals surface area contributed by atoms with Gasteiger partial charge >= 0.3 is 0 Å².